The van der Waals surface area contributed by atoms with Crippen molar-refractivity contribution in [3.63, 3.8) is 0 Å². The van der Waals surface area contributed by atoms with Crippen LogP contribution < -0.4 is 10.1 Å². The molecule has 0 heterocycles. The first-order valence-electron chi connectivity index (χ1n) is 6.72. The second kappa shape index (κ2) is 7.13. The molecule has 2 nitrogen and oxygen atoms in total. The summed E-state index contributed by atoms with van der Waals surface area (Å²) in [6, 6.07) is 7.54. The van der Waals surface area contributed by atoms with E-state index in [2.05, 4.69) is 5.32 Å². The summed E-state index contributed by atoms with van der Waals surface area (Å²) in [5, 5.41) is 3.06. The number of rotatable bonds is 6. The Kier molecular flexibility index (Phi) is 5.22. The minimum Gasteiger partial charge on any atom is -0.451 e. The van der Waals surface area contributed by atoms with Crippen molar-refractivity contribution < 1.29 is 17.9 Å². The summed E-state index contributed by atoms with van der Waals surface area (Å²) in [5.74, 6) is -2.64. The van der Waals surface area contributed by atoms with E-state index in [-0.39, 0.29) is 5.75 Å². The highest BCUT2D eigenvalue weighted by Gasteiger charge is 2.14. The molecule has 0 saturated heterocycles. The molecule has 0 bridgehead atoms. The summed E-state index contributed by atoms with van der Waals surface area (Å²) in [6.45, 7) is 3.15. The normalized spacial score (nSPS) is 10.7. The Balaban J connectivity index is 2.17. The van der Waals surface area contributed by atoms with Crippen molar-refractivity contribution in [2.24, 2.45) is 0 Å². The van der Waals surface area contributed by atoms with E-state index >= 15 is 0 Å². The molecule has 0 aliphatic rings. The molecule has 0 spiro atoms. The van der Waals surface area contributed by atoms with E-state index in [1.165, 1.54) is 30.3 Å². The predicted molar refractivity (Wildman–Crippen MR) is 74.8 cm³/mol. The number of hydrogen-bond donors (Lipinski definition) is 1. The number of halogens is 3. The van der Waals surface area contributed by atoms with Crippen molar-refractivity contribution >= 4 is 0 Å². The van der Waals surface area contributed by atoms with Gasteiger partial charge in [-0.2, -0.15) is 0 Å². The molecule has 0 aliphatic heterocycles. The van der Waals surface area contributed by atoms with E-state index in [0.29, 0.717) is 12.1 Å². The summed E-state index contributed by atoms with van der Waals surface area (Å²) in [5.41, 5.74) is 0.491. The number of benzene rings is 2. The lowest BCUT2D eigenvalue weighted by molar-refractivity contribution is 0.404. The predicted octanol–water partition coefficient (Wildman–Crippen LogP) is 4.40. The molecule has 0 fully saturated rings. The summed E-state index contributed by atoms with van der Waals surface area (Å²) < 4.78 is 46.0. The third kappa shape index (κ3) is 4.23. The van der Waals surface area contributed by atoms with Gasteiger partial charge in [-0.25, -0.2) is 13.2 Å². The molecule has 2 rings (SSSR count). The van der Waals surface area contributed by atoms with Crippen LogP contribution in [0.3, 0.4) is 0 Å². The zero-order valence-corrected chi connectivity index (χ0v) is 11.6. The fourth-order valence-corrected chi connectivity index (χ4v) is 1.87. The first-order chi connectivity index (χ1) is 10.1. The van der Waals surface area contributed by atoms with Gasteiger partial charge in [-0.3, -0.25) is 0 Å². The summed E-state index contributed by atoms with van der Waals surface area (Å²) in [7, 11) is 0. The maximum atomic E-state index is 13.9. The molecule has 1 N–H and O–H groups in total. The van der Waals surface area contributed by atoms with E-state index in [1.807, 2.05) is 6.92 Å². The Morgan fingerprint density at radius 2 is 1.76 bits per heavy atom. The maximum absolute atomic E-state index is 13.9. The lowest BCUT2D eigenvalue weighted by Crippen LogP contribution is -2.14. The first-order valence-corrected chi connectivity index (χ1v) is 6.72. The monoisotopic (exact) mass is 295 g/mol. The van der Waals surface area contributed by atoms with Crippen molar-refractivity contribution in [2.45, 2.75) is 19.9 Å². The van der Waals surface area contributed by atoms with Gasteiger partial charge in [0.25, 0.3) is 0 Å². The van der Waals surface area contributed by atoms with E-state index in [1.54, 1.807) is 0 Å². The van der Waals surface area contributed by atoms with Crippen LogP contribution in [0.2, 0.25) is 0 Å². The van der Waals surface area contributed by atoms with Crippen LogP contribution in [0.25, 0.3) is 0 Å². The Labute approximate surface area is 121 Å². The van der Waals surface area contributed by atoms with Crippen LogP contribution in [0, 0.1) is 17.5 Å². The first kappa shape index (κ1) is 15.4. The van der Waals surface area contributed by atoms with Crippen LogP contribution >= 0.6 is 0 Å². The molecule has 5 heteroatoms. The van der Waals surface area contributed by atoms with Crippen molar-refractivity contribution in [3.8, 4) is 11.5 Å². The molecule has 0 aliphatic carbocycles. The molecule has 0 atom stereocenters. The quantitative estimate of drug-likeness (QED) is 0.798. The Morgan fingerprint density at radius 1 is 1.05 bits per heavy atom. The minimum atomic E-state index is -0.812. The molecule has 0 aromatic heterocycles. The molecule has 0 saturated carbocycles. The van der Waals surface area contributed by atoms with E-state index in [4.69, 9.17) is 4.74 Å². The highest BCUT2D eigenvalue weighted by molar-refractivity contribution is 5.36. The third-order valence-electron chi connectivity index (χ3n) is 2.83. The van der Waals surface area contributed by atoms with Gasteiger partial charge in [0.2, 0.25) is 0 Å². The van der Waals surface area contributed by atoms with Crippen molar-refractivity contribution in [2.75, 3.05) is 6.54 Å². The molecule has 21 heavy (non-hydrogen) atoms. The standard InChI is InChI=1S/C16H16F3NO/c1-2-6-20-10-11-7-14(18)16(15(19)8-11)21-13-5-3-4-12(17)9-13/h3-5,7-9,20H,2,6,10H2,1H3. The third-order valence-corrected chi connectivity index (χ3v) is 2.83. The van der Waals surface area contributed by atoms with Gasteiger partial charge in [0.15, 0.2) is 17.4 Å². The van der Waals surface area contributed by atoms with Gasteiger partial charge in [-0.15, -0.1) is 0 Å². The lowest BCUT2D eigenvalue weighted by atomic mass is 10.2. The van der Waals surface area contributed by atoms with Gasteiger partial charge in [-0.1, -0.05) is 13.0 Å². The number of hydrogen-bond acceptors (Lipinski definition) is 2. The van der Waals surface area contributed by atoms with Crippen LogP contribution in [-0.4, -0.2) is 6.54 Å². The van der Waals surface area contributed by atoms with Crippen LogP contribution in [0.1, 0.15) is 18.9 Å². The molecular weight excluding hydrogens is 279 g/mol. The van der Waals surface area contributed by atoms with E-state index < -0.39 is 23.2 Å². The molecule has 0 amide bonds. The van der Waals surface area contributed by atoms with Gasteiger partial charge < -0.3 is 10.1 Å². The molecular formula is C16H16F3NO. The van der Waals surface area contributed by atoms with Crippen molar-refractivity contribution in [1.29, 1.82) is 0 Å². The van der Waals surface area contributed by atoms with Crippen LogP contribution in [0.15, 0.2) is 36.4 Å². The van der Waals surface area contributed by atoms with Crippen molar-refractivity contribution in [3.05, 3.63) is 59.4 Å². The molecule has 112 valence electrons. The second-order valence-electron chi connectivity index (χ2n) is 4.62. The fourth-order valence-electron chi connectivity index (χ4n) is 1.87. The van der Waals surface area contributed by atoms with Gasteiger partial charge in [0.05, 0.1) is 0 Å². The maximum Gasteiger partial charge on any atom is 0.198 e. The Morgan fingerprint density at radius 3 is 2.38 bits per heavy atom. The summed E-state index contributed by atoms with van der Waals surface area (Å²) >= 11 is 0. The minimum absolute atomic E-state index is 0.0460. The van der Waals surface area contributed by atoms with Crippen molar-refractivity contribution in [1.82, 2.24) is 5.32 Å². The topological polar surface area (TPSA) is 21.3 Å². The van der Waals surface area contributed by atoms with Crippen LogP contribution in [0.4, 0.5) is 13.2 Å². The smallest absolute Gasteiger partial charge is 0.198 e. The number of ether oxygens (including phenoxy) is 1. The molecule has 2 aromatic carbocycles. The average molecular weight is 295 g/mol. The van der Waals surface area contributed by atoms with Gasteiger partial charge in [-0.05, 0) is 42.8 Å². The Bertz CT molecular complexity index is 593. The fraction of sp³-hybridized carbons (Fsp3) is 0.250. The highest BCUT2D eigenvalue weighted by Crippen LogP contribution is 2.28. The lowest BCUT2D eigenvalue weighted by Gasteiger charge is -2.10. The van der Waals surface area contributed by atoms with Gasteiger partial charge in [0.1, 0.15) is 11.6 Å². The Hall–Kier alpha value is -2.01. The molecule has 2 aromatic rings. The number of nitrogens with one attached hydrogen (secondary N) is 1. The largest absolute Gasteiger partial charge is 0.451 e. The van der Waals surface area contributed by atoms with Crippen LogP contribution in [-0.2, 0) is 6.54 Å². The average Bonchev–Trinajstić information content (AvgIpc) is 2.43. The molecule has 0 radical (unpaired) electrons. The summed E-state index contributed by atoms with van der Waals surface area (Å²) in [6.07, 6.45) is 0.936. The highest BCUT2D eigenvalue weighted by atomic mass is 19.1. The zero-order valence-electron chi connectivity index (χ0n) is 11.6. The van der Waals surface area contributed by atoms with Gasteiger partial charge in [0, 0.05) is 12.6 Å². The molecule has 0 unspecified atom stereocenters. The van der Waals surface area contributed by atoms with E-state index in [0.717, 1.165) is 19.0 Å². The summed E-state index contributed by atoms with van der Waals surface area (Å²) in [4.78, 5) is 0. The van der Waals surface area contributed by atoms with Crippen LogP contribution in [0.5, 0.6) is 11.5 Å². The SMILES string of the molecule is CCCNCc1cc(F)c(Oc2cccc(F)c2)c(F)c1. The van der Waals surface area contributed by atoms with Gasteiger partial charge >= 0.3 is 0 Å². The second-order valence-corrected chi connectivity index (χ2v) is 4.62. The zero-order chi connectivity index (χ0) is 15.2. The van der Waals surface area contributed by atoms with E-state index in [9.17, 15) is 13.2 Å².